The molecule has 0 aromatic rings. The highest BCUT2D eigenvalue weighted by atomic mass is 32.5. The van der Waals surface area contributed by atoms with E-state index in [0.29, 0.717) is 13.2 Å². The van der Waals surface area contributed by atoms with Crippen LogP contribution in [-0.4, -0.2) is 20.3 Å². The third-order valence-electron chi connectivity index (χ3n) is 1.45. The third kappa shape index (κ3) is 2.26. The summed E-state index contributed by atoms with van der Waals surface area (Å²) in [7, 11) is 1.55. The number of nitrogens with one attached hydrogen (secondary N) is 1. The highest BCUT2D eigenvalue weighted by Crippen LogP contribution is 2.45. The molecule has 0 bridgehead atoms. The Balaban J connectivity index is 2.49. The summed E-state index contributed by atoms with van der Waals surface area (Å²) >= 11 is 5.04. The van der Waals surface area contributed by atoms with Crippen molar-refractivity contribution in [2.45, 2.75) is 0 Å². The lowest BCUT2D eigenvalue weighted by Crippen LogP contribution is -2.30. The molecule has 11 heavy (non-hydrogen) atoms. The highest BCUT2D eigenvalue weighted by Gasteiger charge is 2.25. The Morgan fingerprint density at radius 3 is 3.00 bits per heavy atom. The summed E-state index contributed by atoms with van der Waals surface area (Å²) in [4.78, 5) is 0. The van der Waals surface area contributed by atoms with E-state index in [1.807, 2.05) is 0 Å². The maximum absolute atomic E-state index is 5.27. The first-order valence-corrected chi connectivity index (χ1v) is 5.85. The van der Waals surface area contributed by atoms with Crippen molar-refractivity contribution in [1.82, 2.24) is 5.09 Å². The number of hydrogen-bond acceptors (Lipinski definition) is 3. The molecule has 2 atom stereocenters. The van der Waals surface area contributed by atoms with Crippen molar-refractivity contribution in [3.63, 3.8) is 0 Å². The van der Waals surface area contributed by atoms with Gasteiger partial charge in [0.25, 0.3) is 6.64 Å². The molecule has 1 saturated heterocycles. The zero-order chi connectivity index (χ0) is 8.32. The second kappa shape index (κ2) is 3.66. The molecule has 0 aliphatic carbocycles. The highest BCUT2D eigenvalue weighted by molar-refractivity contribution is 8.09. The molecule has 1 aliphatic heterocycles. The lowest BCUT2D eigenvalue weighted by Gasteiger charge is -2.28. The van der Waals surface area contributed by atoms with Gasteiger partial charge in [0.05, 0.1) is 12.5 Å². The van der Waals surface area contributed by atoms with E-state index in [0.717, 1.165) is 0 Å². The van der Waals surface area contributed by atoms with E-state index < -0.39 is 6.64 Å². The van der Waals surface area contributed by atoms with Crippen LogP contribution in [0.5, 0.6) is 0 Å². The van der Waals surface area contributed by atoms with Crippen LogP contribution in [0.1, 0.15) is 0 Å². The molecule has 3 nitrogen and oxygen atoms in total. The summed E-state index contributed by atoms with van der Waals surface area (Å²) < 4.78 is 10.3. The fourth-order valence-electron chi connectivity index (χ4n) is 0.739. The van der Waals surface area contributed by atoms with Gasteiger partial charge >= 0.3 is 0 Å². The predicted octanol–water partition coefficient (Wildman–Crippen LogP) is 0.726. The van der Waals surface area contributed by atoms with Crippen molar-refractivity contribution in [1.29, 1.82) is 0 Å². The van der Waals surface area contributed by atoms with Gasteiger partial charge in [0.1, 0.15) is 0 Å². The Morgan fingerprint density at radius 2 is 2.64 bits per heavy atom. The Bertz CT molecular complexity index is 213. The Labute approximate surface area is 71.7 Å². The van der Waals surface area contributed by atoms with E-state index in [9.17, 15) is 0 Å². The summed E-state index contributed by atoms with van der Waals surface area (Å²) in [5.74, 6) is 2.72. The molecule has 2 unspecified atom stereocenters. The minimum absolute atomic E-state index is 0.126. The molecule has 0 aromatic carbocycles. The van der Waals surface area contributed by atoms with Gasteiger partial charge in [-0.25, -0.2) is 5.09 Å². The smallest absolute Gasteiger partial charge is 0.261 e. The van der Waals surface area contributed by atoms with Crippen molar-refractivity contribution in [3.05, 3.63) is 0 Å². The molecule has 62 valence electrons. The molecule has 0 spiro atoms. The van der Waals surface area contributed by atoms with Crippen molar-refractivity contribution < 1.29 is 9.05 Å². The van der Waals surface area contributed by atoms with Crippen molar-refractivity contribution in [2.75, 3.05) is 20.3 Å². The summed E-state index contributed by atoms with van der Waals surface area (Å²) in [5.41, 5.74) is 0. The van der Waals surface area contributed by atoms with Crippen LogP contribution in [0.2, 0.25) is 0 Å². The minimum atomic E-state index is -2.16. The first-order chi connectivity index (χ1) is 5.20. The molecule has 1 heterocycles. The van der Waals surface area contributed by atoms with Crippen LogP contribution in [0.4, 0.5) is 0 Å². The molecular weight excluding hydrogens is 181 g/mol. The lowest BCUT2D eigenvalue weighted by molar-refractivity contribution is 0.223. The number of rotatable bonds is 1. The molecule has 0 aromatic heterocycles. The molecule has 1 fully saturated rings. The Morgan fingerprint density at radius 1 is 1.91 bits per heavy atom. The zero-order valence-electron chi connectivity index (χ0n) is 6.24. The standard InChI is InChI=1S/C6H10NO2PS/c1-3-6-4-7-10(11,8-2)9-5-6/h1,6H,4-5H2,2H3,(H,7,11). The van der Waals surface area contributed by atoms with Gasteiger partial charge in [-0.15, -0.1) is 6.42 Å². The average molecular weight is 191 g/mol. The topological polar surface area (TPSA) is 30.5 Å². The molecule has 1 N–H and O–H groups in total. The van der Waals surface area contributed by atoms with Gasteiger partial charge in [0.2, 0.25) is 0 Å². The second-order valence-corrected chi connectivity index (χ2v) is 5.58. The normalized spacial score (nSPS) is 38.0. The van der Waals surface area contributed by atoms with E-state index in [1.165, 1.54) is 0 Å². The number of hydrogen-bond donors (Lipinski definition) is 1. The third-order valence-corrected chi connectivity index (χ3v) is 4.14. The van der Waals surface area contributed by atoms with E-state index in [2.05, 4.69) is 11.0 Å². The SMILES string of the molecule is C#CC1CNP(=S)(OC)OC1. The van der Waals surface area contributed by atoms with Gasteiger partial charge in [0.15, 0.2) is 0 Å². The van der Waals surface area contributed by atoms with Gasteiger partial charge < -0.3 is 9.05 Å². The summed E-state index contributed by atoms with van der Waals surface area (Å²) in [6.07, 6.45) is 5.20. The number of terminal acetylenes is 1. The summed E-state index contributed by atoms with van der Waals surface area (Å²) in [5, 5.41) is 2.99. The fraction of sp³-hybridized carbons (Fsp3) is 0.667. The molecule has 5 heteroatoms. The summed E-state index contributed by atoms with van der Waals surface area (Å²) in [6.45, 7) is -0.952. The van der Waals surface area contributed by atoms with Crippen molar-refractivity contribution >= 4 is 18.4 Å². The van der Waals surface area contributed by atoms with Gasteiger partial charge in [-0.3, -0.25) is 0 Å². The van der Waals surface area contributed by atoms with Gasteiger partial charge in [-0.2, -0.15) is 0 Å². The molecule has 0 saturated carbocycles. The zero-order valence-corrected chi connectivity index (χ0v) is 7.95. The van der Waals surface area contributed by atoms with Gasteiger partial charge in [-0.1, -0.05) is 5.92 Å². The van der Waals surface area contributed by atoms with Gasteiger partial charge in [0, 0.05) is 13.7 Å². The van der Waals surface area contributed by atoms with E-state index >= 15 is 0 Å². The maximum atomic E-state index is 5.27. The first-order valence-electron chi connectivity index (χ1n) is 3.22. The van der Waals surface area contributed by atoms with Crippen LogP contribution >= 0.6 is 6.64 Å². The van der Waals surface area contributed by atoms with E-state index in [-0.39, 0.29) is 5.92 Å². The largest absolute Gasteiger partial charge is 0.321 e. The quantitative estimate of drug-likeness (QED) is 0.489. The van der Waals surface area contributed by atoms with Crippen molar-refractivity contribution in [2.24, 2.45) is 5.92 Å². The molecule has 1 aliphatic rings. The van der Waals surface area contributed by atoms with E-state index in [4.69, 9.17) is 27.3 Å². The first kappa shape index (κ1) is 9.18. The lowest BCUT2D eigenvalue weighted by atomic mass is 10.2. The second-order valence-electron chi connectivity index (χ2n) is 2.20. The Kier molecular flexibility index (Phi) is 3.06. The maximum Gasteiger partial charge on any atom is 0.261 e. The molecule has 0 amide bonds. The minimum Gasteiger partial charge on any atom is -0.321 e. The molecule has 1 rings (SSSR count). The van der Waals surface area contributed by atoms with E-state index in [1.54, 1.807) is 7.11 Å². The summed E-state index contributed by atoms with van der Waals surface area (Å²) in [6, 6.07) is 0. The molecular formula is C6H10NO2PS. The Hall–Kier alpha value is 0.0900. The average Bonchev–Trinajstić information content (AvgIpc) is 2.06. The van der Waals surface area contributed by atoms with Crippen LogP contribution in [0.15, 0.2) is 0 Å². The predicted molar refractivity (Wildman–Crippen MR) is 47.6 cm³/mol. The van der Waals surface area contributed by atoms with Crippen molar-refractivity contribution in [3.8, 4) is 12.3 Å². The monoisotopic (exact) mass is 191 g/mol. The van der Waals surface area contributed by atoms with Crippen LogP contribution in [0.3, 0.4) is 0 Å². The van der Waals surface area contributed by atoms with Gasteiger partial charge in [-0.05, 0) is 11.8 Å². The molecule has 0 radical (unpaired) electrons. The van der Waals surface area contributed by atoms with Crippen LogP contribution in [0, 0.1) is 18.3 Å². The van der Waals surface area contributed by atoms with Crippen LogP contribution in [-0.2, 0) is 20.9 Å². The van der Waals surface area contributed by atoms with Crippen LogP contribution < -0.4 is 5.09 Å². The van der Waals surface area contributed by atoms with Crippen LogP contribution in [0.25, 0.3) is 0 Å². The fourth-order valence-corrected chi connectivity index (χ4v) is 2.29.